The molecule has 2 saturated heterocycles. The van der Waals surface area contributed by atoms with Crippen molar-refractivity contribution in [3.05, 3.63) is 0 Å². The summed E-state index contributed by atoms with van der Waals surface area (Å²) in [6.45, 7) is 4.44. The van der Waals surface area contributed by atoms with Crippen molar-refractivity contribution >= 4 is 11.7 Å². The first-order chi connectivity index (χ1) is 6.09. The number of Topliss-reactive ketones (excluding diaryl/α,β-unsaturated/α-hetero) is 1. The van der Waals surface area contributed by atoms with Crippen LogP contribution in [0.15, 0.2) is 0 Å². The summed E-state index contributed by atoms with van der Waals surface area (Å²) >= 11 is 0. The van der Waals surface area contributed by atoms with Crippen LogP contribution in [0.3, 0.4) is 0 Å². The van der Waals surface area contributed by atoms with Crippen LogP contribution in [0.5, 0.6) is 0 Å². The van der Waals surface area contributed by atoms with Gasteiger partial charge in [0.25, 0.3) is 0 Å². The topological polar surface area (TPSA) is 46.6 Å². The van der Waals surface area contributed by atoms with Crippen LogP contribution in [0, 0.1) is 5.41 Å². The number of rotatable bonds is 2. The molecule has 0 spiro atoms. The Labute approximate surface area is 76.8 Å². The van der Waals surface area contributed by atoms with E-state index in [1.165, 1.54) is 0 Å². The van der Waals surface area contributed by atoms with Crippen LogP contribution in [-0.2, 0) is 14.3 Å². The monoisotopic (exact) mass is 183 g/mol. The van der Waals surface area contributed by atoms with Crippen molar-refractivity contribution in [2.75, 3.05) is 26.3 Å². The molecule has 2 aliphatic heterocycles. The van der Waals surface area contributed by atoms with Gasteiger partial charge in [-0.3, -0.25) is 9.59 Å². The van der Waals surface area contributed by atoms with Gasteiger partial charge in [0.05, 0.1) is 26.2 Å². The average molecular weight is 183 g/mol. The van der Waals surface area contributed by atoms with Gasteiger partial charge in [0.15, 0.2) is 5.78 Å². The number of carbonyl (C=O) groups is 2. The number of nitrogens with zero attached hydrogens (tertiary/aromatic N) is 1. The van der Waals surface area contributed by atoms with Gasteiger partial charge in [-0.05, 0) is 0 Å². The minimum atomic E-state index is -0.0295. The Morgan fingerprint density at radius 1 is 1.46 bits per heavy atom. The number of hydrogen-bond donors (Lipinski definition) is 0. The Bertz CT molecular complexity index is 258. The van der Waals surface area contributed by atoms with Gasteiger partial charge in [0.1, 0.15) is 0 Å². The van der Waals surface area contributed by atoms with Crippen LogP contribution in [0.4, 0.5) is 0 Å². The number of hydrogen-bond acceptors (Lipinski definition) is 3. The summed E-state index contributed by atoms with van der Waals surface area (Å²) in [4.78, 5) is 23.9. The lowest BCUT2D eigenvalue weighted by molar-refractivity contribution is -0.140. The Morgan fingerprint density at radius 2 is 2.15 bits per heavy atom. The van der Waals surface area contributed by atoms with Crippen molar-refractivity contribution in [2.24, 2.45) is 5.41 Å². The molecule has 0 radical (unpaired) electrons. The van der Waals surface area contributed by atoms with Gasteiger partial charge in [0, 0.05) is 12.0 Å². The molecule has 4 nitrogen and oxygen atoms in total. The molecule has 0 N–H and O–H groups in total. The fourth-order valence-corrected chi connectivity index (χ4v) is 1.78. The van der Waals surface area contributed by atoms with E-state index in [0.717, 1.165) is 0 Å². The fraction of sp³-hybridized carbons (Fsp3) is 0.778. The highest BCUT2D eigenvalue weighted by Crippen LogP contribution is 2.28. The zero-order valence-electron chi connectivity index (χ0n) is 7.71. The van der Waals surface area contributed by atoms with Crippen molar-refractivity contribution in [2.45, 2.75) is 13.3 Å². The molecule has 2 aliphatic rings. The summed E-state index contributed by atoms with van der Waals surface area (Å²) in [5.41, 5.74) is 0.0836. The summed E-state index contributed by atoms with van der Waals surface area (Å²) in [6.07, 6.45) is 0.0942. The maximum atomic E-state index is 11.3. The van der Waals surface area contributed by atoms with E-state index in [4.69, 9.17) is 4.74 Å². The first-order valence-electron chi connectivity index (χ1n) is 4.46. The van der Waals surface area contributed by atoms with Gasteiger partial charge in [0.2, 0.25) is 5.91 Å². The average Bonchev–Trinajstić information content (AvgIpc) is 2.27. The second-order valence-corrected chi connectivity index (χ2v) is 4.27. The van der Waals surface area contributed by atoms with Crippen molar-refractivity contribution in [3.8, 4) is 0 Å². The fourth-order valence-electron chi connectivity index (χ4n) is 1.78. The largest absolute Gasteiger partial charge is 0.380 e. The summed E-state index contributed by atoms with van der Waals surface area (Å²) in [6, 6.07) is 0. The zero-order chi connectivity index (χ0) is 9.47. The van der Waals surface area contributed by atoms with Gasteiger partial charge in [-0.25, -0.2) is 0 Å². The normalized spacial score (nSPS) is 26.4. The van der Waals surface area contributed by atoms with Crippen LogP contribution < -0.4 is 0 Å². The van der Waals surface area contributed by atoms with E-state index in [9.17, 15) is 9.59 Å². The molecule has 0 saturated carbocycles. The molecule has 1 amide bonds. The van der Waals surface area contributed by atoms with Crippen molar-refractivity contribution < 1.29 is 14.3 Å². The number of ether oxygens (including phenoxy) is 1. The van der Waals surface area contributed by atoms with Crippen molar-refractivity contribution in [1.29, 1.82) is 0 Å². The third-order valence-electron chi connectivity index (χ3n) is 2.54. The second-order valence-electron chi connectivity index (χ2n) is 4.27. The molecule has 0 aliphatic carbocycles. The molecule has 13 heavy (non-hydrogen) atoms. The number of ketones is 1. The Hall–Kier alpha value is -0.900. The number of carbonyl (C=O) groups excluding carboxylic acids is 2. The highest BCUT2D eigenvalue weighted by molar-refractivity contribution is 6.05. The molecule has 0 atom stereocenters. The van der Waals surface area contributed by atoms with E-state index in [0.29, 0.717) is 26.3 Å². The van der Waals surface area contributed by atoms with Crippen LogP contribution >= 0.6 is 0 Å². The molecule has 0 unspecified atom stereocenters. The number of likely N-dealkylation sites (tertiary alicyclic amines) is 1. The SMILES string of the molecule is CC1(CN2CC(=O)CC2=O)COC1. The molecule has 2 heterocycles. The van der Waals surface area contributed by atoms with E-state index < -0.39 is 0 Å². The maximum Gasteiger partial charge on any atom is 0.230 e. The Morgan fingerprint density at radius 3 is 2.54 bits per heavy atom. The molecule has 4 heteroatoms. The van der Waals surface area contributed by atoms with E-state index >= 15 is 0 Å². The lowest BCUT2D eigenvalue weighted by Crippen LogP contribution is -2.49. The van der Waals surface area contributed by atoms with E-state index in [1.54, 1.807) is 4.90 Å². The first kappa shape index (κ1) is 8.69. The molecule has 0 bridgehead atoms. The van der Waals surface area contributed by atoms with E-state index in [1.807, 2.05) is 0 Å². The quantitative estimate of drug-likeness (QED) is 0.558. The Balaban J connectivity index is 1.94. The van der Waals surface area contributed by atoms with Crippen LogP contribution in [0.2, 0.25) is 0 Å². The van der Waals surface area contributed by atoms with Gasteiger partial charge in [-0.2, -0.15) is 0 Å². The minimum absolute atomic E-state index is 0.0295. The third-order valence-corrected chi connectivity index (χ3v) is 2.54. The molecule has 2 fully saturated rings. The molecular weight excluding hydrogens is 170 g/mol. The minimum Gasteiger partial charge on any atom is -0.380 e. The number of amides is 1. The van der Waals surface area contributed by atoms with E-state index in [-0.39, 0.29) is 23.5 Å². The van der Waals surface area contributed by atoms with Crippen molar-refractivity contribution in [3.63, 3.8) is 0 Å². The van der Waals surface area contributed by atoms with Gasteiger partial charge in [-0.15, -0.1) is 0 Å². The molecule has 72 valence electrons. The molecular formula is C9H13NO3. The first-order valence-corrected chi connectivity index (χ1v) is 4.46. The summed E-state index contributed by atoms with van der Waals surface area (Å²) in [5.74, 6) is 0.00645. The van der Waals surface area contributed by atoms with Crippen molar-refractivity contribution in [1.82, 2.24) is 4.90 Å². The zero-order valence-corrected chi connectivity index (χ0v) is 7.71. The highest BCUT2D eigenvalue weighted by atomic mass is 16.5. The van der Waals surface area contributed by atoms with Gasteiger partial charge < -0.3 is 9.64 Å². The van der Waals surface area contributed by atoms with Crippen LogP contribution in [-0.4, -0.2) is 42.9 Å². The predicted octanol–water partition coefficient (Wildman–Crippen LogP) is -0.176. The summed E-state index contributed by atoms with van der Waals surface area (Å²) in [7, 11) is 0. The van der Waals surface area contributed by atoms with Gasteiger partial charge in [-0.1, -0.05) is 6.92 Å². The van der Waals surface area contributed by atoms with Gasteiger partial charge >= 0.3 is 0 Å². The van der Waals surface area contributed by atoms with Crippen LogP contribution in [0.25, 0.3) is 0 Å². The molecule has 2 rings (SSSR count). The molecule has 0 aromatic rings. The third kappa shape index (κ3) is 1.58. The summed E-state index contributed by atoms with van der Waals surface area (Å²) < 4.78 is 5.09. The van der Waals surface area contributed by atoms with E-state index in [2.05, 4.69) is 6.92 Å². The van der Waals surface area contributed by atoms with Crippen LogP contribution in [0.1, 0.15) is 13.3 Å². The predicted molar refractivity (Wildman–Crippen MR) is 45.1 cm³/mol. The maximum absolute atomic E-state index is 11.3. The lowest BCUT2D eigenvalue weighted by atomic mass is 9.88. The standard InChI is InChI=1S/C9H13NO3/c1-9(5-13-6-9)4-10-3-7(11)2-8(10)12/h2-6H2,1H3. The summed E-state index contributed by atoms with van der Waals surface area (Å²) in [5, 5.41) is 0. The smallest absolute Gasteiger partial charge is 0.230 e. The Kier molecular flexibility index (Phi) is 1.87. The molecule has 0 aromatic heterocycles. The molecule has 0 aromatic carbocycles. The lowest BCUT2D eigenvalue weighted by Gasteiger charge is -2.40. The second kappa shape index (κ2) is 2.80. The highest BCUT2D eigenvalue weighted by Gasteiger charge is 2.39.